The molecule has 0 saturated carbocycles. The summed E-state index contributed by atoms with van der Waals surface area (Å²) >= 11 is 0. The van der Waals surface area contributed by atoms with E-state index in [9.17, 15) is 0 Å². The maximum Gasteiger partial charge on any atom is 0.118 e. The Labute approximate surface area is 112 Å². The molecule has 1 aromatic carbocycles. The second-order valence-electron chi connectivity index (χ2n) is 4.94. The Bertz CT molecular complexity index is 314. The van der Waals surface area contributed by atoms with Crippen molar-refractivity contribution in [2.24, 2.45) is 0 Å². The molecule has 0 aliphatic carbocycles. The summed E-state index contributed by atoms with van der Waals surface area (Å²) < 4.78 is 5.19. The lowest BCUT2D eigenvalue weighted by atomic mass is 10.0. The van der Waals surface area contributed by atoms with Crippen molar-refractivity contribution in [3.05, 3.63) is 29.8 Å². The SMILES string of the molecule is CCCC(CCC)NC(C)c1ccc(OC)cc1. The molecule has 18 heavy (non-hydrogen) atoms. The van der Waals surface area contributed by atoms with E-state index in [1.54, 1.807) is 7.11 Å². The van der Waals surface area contributed by atoms with Crippen LogP contribution in [0.1, 0.15) is 58.1 Å². The van der Waals surface area contributed by atoms with Crippen LogP contribution in [-0.4, -0.2) is 13.2 Å². The summed E-state index contributed by atoms with van der Waals surface area (Å²) in [5, 5.41) is 3.73. The lowest BCUT2D eigenvalue weighted by molar-refractivity contribution is 0.400. The molecule has 2 heteroatoms. The Hall–Kier alpha value is -1.02. The van der Waals surface area contributed by atoms with Gasteiger partial charge in [-0.25, -0.2) is 0 Å². The maximum atomic E-state index is 5.19. The van der Waals surface area contributed by atoms with Gasteiger partial charge >= 0.3 is 0 Å². The van der Waals surface area contributed by atoms with E-state index in [-0.39, 0.29) is 0 Å². The van der Waals surface area contributed by atoms with Crippen molar-refractivity contribution in [1.82, 2.24) is 5.32 Å². The van der Waals surface area contributed by atoms with E-state index in [1.165, 1.54) is 31.2 Å². The smallest absolute Gasteiger partial charge is 0.118 e. The monoisotopic (exact) mass is 249 g/mol. The average Bonchev–Trinajstić information content (AvgIpc) is 2.39. The van der Waals surface area contributed by atoms with Crippen LogP contribution in [0.4, 0.5) is 0 Å². The van der Waals surface area contributed by atoms with E-state index in [1.807, 2.05) is 12.1 Å². The van der Waals surface area contributed by atoms with Gasteiger partial charge in [-0.2, -0.15) is 0 Å². The van der Waals surface area contributed by atoms with Gasteiger partial charge in [-0.1, -0.05) is 38.8 Å². The fraction of sp³-hybridized carbons (Fsp3) is 0.625. The normalized spacial score (nSPS) is 12.7. The van der Waals surface area contributed by atoms with E-state index >= 15 is 0 Å². The second kappa shape index (κ2) is 8.15. The van der Waals surface area contributed by atoms with Crippen molar-refractivity contribution in [2.75, 3.05) is 7.11 Å². The van der Waals surface area contributed by atoms with Crippen molar-refractivity contribution in [1.29, 1.82) is 0 Å². The van der Waals surface area contributed by atoms with Gasteiger partial charge in [0.1, 0.15) is 5.75 Å². The zero-order chi connectivity index (χ0) is 13.4. The van der Waals surface area contributed by atoms with Crippen LogP contribution in [-0.2, 0) is 0 Å². The van der Waals surface area contributed by atoms with E-state index in [0.717, 1.165) is 5.75 Å². The molecule has 1 N–H and O–H groups in total. The number of rotatable bonds is 8. The highest BCUT2D eigenvalue weighted by atomic mass is 16.5. The largest absolute Gasteiger partial charge is 0.497 e. The number of ether oxygens (including phenoxy) is 1. The minimum Gasteiger partial charge on any atom is -0.497 e. The summed E-state index contributed by atoms with van der Waals surface area (Å²) in [6, 6.07) is 9.39. The van der Waals surface area contributed by atoms with Crippen LogP contribution >= 0.6 is 0 Å². The fourth-order valence-corrected chi connectivity index (χ4v) is 2.35. The first-order valence-electron chi connectivity index (χ1n) is 7.11. The third kappa shape index (κ3) is 4.69. The van der Waals surface area contributed by atoms with Crippen LogP contribution in [0.5, 0.6) is 5.75 Å². The molecule has 1 atom stereocenters. The molecule has 1 aromatic rings. The van der Waals surface area contributed by atoms with E-state index in [0.29, 0.717) is 12.1 Å². The molecule has 0 heterocycles. The van der Waals surface area contributed by atoms with Gasteiger partial charge in [0.25, 0.3) is 0 Å². The first-order valence-corrected chi connectivity index (χ1v) is 7.11. The minimum atomic E-state index is 0.402. The predicted octanol–water partition coefficient (Wildman–Crippen LogP) is 4.31. The Morgan fingerprint density at radius 3 is 2.06 bits per heavy atom. The molecule has 0 aliphatic rings. The first-order chi connectivity index (χ1) is 8.71. The van der Waals surface area contributed by atoms with Crippen molar-refractivity contribution in [3.8, 4) is 5.75 Å². The van der Waals surface area contributed by atoms with Crippen molar-refractivity contribution in [3.63, 3.8) is 0 Å². The van der Waals surface area contributed by atoms with Crippen LogP contribution < -0.4 is 10.1 Å². The summed E-state index contributed by atoms with van der Waals surface area (Å²) in [6.45, 7) is 6.74. The van der Waals surface area contributed by atoms with Crippen molar-refractivity contribution in [2.45, 2.75) is 58.5 Å². The number of methoxy groups -OCH3 is 1. The number of benzene rings is 1. The number of nitrogens with one attached hydrogen (secondary N) is 1. The molecule has 0 fully saturated rings. The van der Waals surface area contributed by atoms with Gasteiger partial charge in [0.05, 0.1) is 7.11 Å². The average molecular weight is 249 g/mol. The van der Waals surface area contributed by atoms with Crippen LogP contribution in [0.3, 0.4) is 0 Å². The molecule has 0 bridgehead atoms. The highest BCUT2D eigenvalue weighted by Crippen LogP contribution is 2.19. The lowest BCUT2D eigenvalue weighted by Gasteiger charge is -2.23. The van der Waals surface area contributed by atoms with Crippen molar-refractivity contribution < 1.29 is 4.74 Å². The third-order valence-corrected chi connectivity index (χ3v) is 3.38. The van der Waals surface area contributed by atoms with Gasteiger partial charge in [0.2, 0.25) is 0 Å². The molecule has 0 saturated heterocycles. The summed E-state index contributed by atoms with van der Waals surface area (Å²) in [7, 11) is 1.70. The predicted molar refractivity (Wildman–Crippen MR) is 78.1 cm³/mol. The second-order valence-corrected chi connectivity index (χ2v) is 4.94. The zero-order valence-electron chi connectivity index (χ0n) is 12.2. The Kier molecular flexibility index (Phi) is 6.81. The number of hydrogen-bond donors (Lipinski definition) is 1. The summed E-state index contributed by atoms with van der Waals surface area (Å²) in [4.78, 5) is 0. The van der Waals surface area contributed by atoms with Crippen LogP contribution in [0.15, 0.2) is 24.3 Å². The topological polar surface area (TPSA) is 21.3 Å². The van der Waals surface area contributed by atoms with Crippen molar-refractivity contribution >= 4 is 0 Å². The van der Waals surface area contributed by atoms with Crippen LogP contribution in [0.25, 0.3) is 0 Å². The fourth-order valence-electron chi connectivity index (χ4n) is 2.35. The van der Waals surface area contributed by atoms with Crippen LogP contribution in [0, 0.1) is 0 Å². The van der Waals surface area contributed by atoms with Gasteiger partial charge in [0.15, 0.2) is 0 Å². The minimum absolute atomic E-state index is 0.402. The molecular weight excluding hydrogens is 222 g/mol. The molecule has 1 rings (SSSR count). The molecule has 102 valence electrons. The molecule has 0 aromatic heterocycles. The first kappa shape index (κ1) is 15.0. The standard InChI is InChI=1S/C16H27NO/c1-5-7-15(8-6-2)17-13(3)14-9-11-16(18-4)12-10-14/h9-13,15,17H,5-8H2,1-4H3. The van der Waals surface area contributed by atoms with Gasteiger partial charge in [0, 0.05) is 12.1 Å². The maximum absolute atomic E-state index is 5.19. The molecular formula is C16H27NO. The Morgan fingerprint density at radius 2 is 1.61 bits per heavy atom. The van der Waals surface area contributed by atoms with E-state index < -0.39 is 0 Å². The summed E-state index contributed by atoms with van der Waals surface area (Å²) in [5.74, 6) is 0.921. The number of hydrogen-bond acceptors (Lipinski definition) is 2. The Balaban J connectivity index is 2.58. The lowest BCUT2D eigenvalue weighted by Crippen LogP contribution is -2.31. The van der Waals surface area contributed by atoms with Gasteiger partial charge in [-0.3, -0.25) is 0 Å². The molecule has 0 amide bonds. The molecule has 1 unspecified atom stereocenters. The highest BCUT2D eigenvalue weighted by Gasteiger charge is 2.11. The van der Waals surface area contributed by atoms with E-state index in [2.05, 4.69) is 38.2 Å². The van der Waals surface area contributed by atoms with Gasteiger partial charge in [-0.05, 0) is 37.5 Å². The molecule has 2 nitrogen and oxygen atoms in total. The third-order valence-electron chi connectivity index (χ3n) is 3.38. The molecule has 0 spiro atoms. The van der Waals surface area contributed by atoms with Gasteiger partial charge in [-0.15, -0.1) is 0 Å². The zero-order valence-corrected chi connectivity index (χ0v) is 12.2. The summed E-state index contributed by atoms with van der Waals surface area (Å²) in [5.41, 5.74) is 1.33. The van der Waals surface area contributed by atoms with Gasteiger partial charge < -0.3 is 10.1 Å². The quantitative estimate of drug-likeness (QED) is 0.741. The highest BCUT2D eigenvalue weighted by molar-refractivity contribution is 5.28. The molecule has 0 radical (unpaired) electrons. The summed E-state index contributed by atoms with van der Waals surface area (Å²) in [6.07, 6.45) is 5.00. The molecule has 0 aliphatic heterocycles. The van der Waals surface area contributed by atoms with Crippen LogP contribution in [0.2, 0.25) is 0 Å². The Morgan fingerprint density at radius 1 is 1.06 bits per heavy atom. The van der Waals surface area contributed by atoms with E-state index in [4.69, 9.17) is 4.74 Å².